The van der Waals surface area contributed by atoms with Gasteiger partial charge in [0.2, 0.25) is 17.7 Å². The average molecular weight is 476 g/mol. The van der Waals surface area contributed by atoms with Crippen molar-refractivity contribution in [1.29, 1.82) is 0 Å². The fourth-order valence-corrected chi connectivity index (χ4v) is 3.63. The van der Waals surface area contributed by atoms with Gasteiger partial charge in [-0.25, -0.2) is 4.39 Å². The van der Waals surface area contributed by atoms with E-state index in [2.05, 4.69) is 10.6 Å². The first-order valence-electron chi connectivity index (χ1n) is 11.0. The molecule has 0 fully saturated rings. The standard InChI is InChI=1S/C27H26FN3O4/c1-17(32)30-24(16-19-6-5-9-22(28)14-19)27(35)31-23(26(29)34)15-18-10-12-21(13-11-18)25(33)20-7-3-2-4-8-20/h2-14,23-24H,15-16H2,1H3,(H2,29,34)(H,30,32)(H,31,35)/t23-,24+/m1/s1. The van der Waals surface area contributed by atoms with Crippen LogP contribution in [0, 0.1) is 5.82 Å². The van der Waals surface area contributed by atoms with Gasteiger partial charge in [0.25, 0.3) is 0 Å². The molecule has 0 spiro atoms. The average Bonchev–Trinajstić information content (AvgIpc) is 2.83. The highest BCUT2D eigenvalue weighted by Crippen LogP contribution is 2.13. The molecule has 35 heavy (non-hydrogen) atoms. The summed E-state index contributed by atoms with van der Waals surface area (Å²) in [6.07, 6.45) is 0.124. The molecule has 2 atom stereocenters. The largest absolute Gasteiger partial charge is 0.368 e. The van der Waals surface area contributed by atoms with E-state index in [1.165, 1.54) is 25.1 Å². The molecule has 0 radical (unpaired) electrons. The molecule has 180 valence electrons. The fourth-order valence-electron chi connectivity index (χ4n) is 3.63. The SMILES string of the molecule is CC(=O)N[C@@H](Cc1cccc(F)c1)C(=O)N[C@H](Cc1ccc(C(=O)c2ccccc2)cc1)C(N)=O. The van der Waals surface area contributed by atoms with Gasteiger partial charge in [0.05, 0.1) is 0 Å². The zero-order valence-electron chi connectivity index (χ0n) is 19.2. The highest BCUT2D eigenvalue weighted by molar-refractivity contribution is 6.08. The monoisotopic (exact) mass is 475 g/mol. The van der Waals surface area contributed by atoms with Crippen LogP contribution in [-0.4, -0.2) is 35.6 Å². The van der Waals surface area contributed by atoms with E-state index < -0.39 is 35.6 Å². The highest BCUT2D eigenvalue weighted by atomic mass is 19.1. The summed E-state index contributed by atoms with van der Waals surface area (Å²) >= 11 is 0. The molecule has 4 N–H and O–H groups in total. The Balaban J connectivity index is 1.70. The Morgan fingerprint density at radius 1 is 0.771 bits per heavy atom. The van der Waals surface area contributed by atoms with Crippen molar-refractivity contribution in [3.8, 4) is 0 Å². The quantitative estimate of drug-likeness (QED) is 0.390. The Morgan fingerprint density at radius 2 is 1.40 bits per heavy atom. The minimum Gasteiger partial charge on any atom is -0.368 e. The summed E-state index contributed by atoms with van der Waals surface area (Å²) in [5.41, 5.74) is 7.75. The molecular weight excluding hydrogens is 449 g/mol. The van der Waals surface area contributed by atoms with Crippen LogP contribution in [-0.2, 0) is 27.2 Å². The molecule has 3 aromatic carbocycles. The Hall–Kier alpha value is -4.33. The number of hydrogen-bond donors (Lipinski definition) is 3. The normalized spacial score (nSPS) is 12.3. The third-order valence-electron chi connectivity index (χ3n) is 5.37. The Morgan fingerprint density at radius 3 is 2.00 bits per heavy atom. The summed E-state index contributed by atoms with van der Waals surface area (Å²) in [5.74, 6) is -2.42. The van der Waals surface area contributed by atoms with Crippen LogP contribution in [0.2, 0.25) is 0 Å². The van der Waals surface area contributed by atoms with Gasteiger partial charge in [-0.05, 0) is 23.3 Å². The third-order valence-corrected chi connectivity index (χ3v) is 5.37. The van der Waals surface area contributed by atoms with Crippen molar-refractivity contribution in [2.24, 2.45) is 5.73 Å². The van der Waals surface area contributed by atoms with Gasteiger partial charge >= 0.3 is 0 Å². The molecule has 0 aromatic heterocycles. The maximum absolute atomic E-state index is 13.5. The van der Waals surface area contributed by atoms with Crippen LogP contribution < -0.4 is 16.4 Å². The fraction of sp³-hybridized carbons (Fsp3) is 0.185. The van der Waals surface area contributed by atoms with Crippen molar-refractivity contribution in [3.63, 3.8) is 0 Å². The lowest BCUT2D eigenvalue weighted by Crippen LogP contribution is -2.54. The first-order chi connectivity index (χ1) is 16.7. The van der Waals surface area contributed by atoms with E-state index in [1.807, 2.05) is 6.07 Å². The molecule has 0 aliphatic rings. The second-order valence-electron chi connectivity index (χ2n) is 8.15. The van der Waals surface area contributed by atoms with Gasteiger partial charge in [0.1, 0.15) is 17.9 Å². The topological polar surface area (TPSA) is 118 Å². The Kier molecular flexibility index (Phi) is 8.45. The number of benzene rings is 3. The highest BCUT2D eigenvalue weighted by Gasteiger charge is 2.25. The Bertz CT molecular complexity index is 1210. The van der Waals surface area contributed by atoms with Gasteiger partial charge in [-0.3, -0.25) is 19.2 Å². The lowest BCUT2D eigenvalue weighted by atomic mass is 9.99. The number of halogens is 1. The third kappa shape index (κ3) is 7.33. The zero-order valence-corrected chi connectivity index (χ0v) is 19.2. The van der Waals surface area contributed by atoms with E-state index in [9.17, 15) is 23.6 Å². The van der Waals surface area contributed by atoms with Crippen LogP contribution in [0.5, 0.6) is 0 Å². The molecule has 0 saturated heterocycles. The second-order valence-corrected chi connectivity index (χ2v) is 8.15. The number of ketones is 1. The van der Waals surface area contributed by atoms with Gasteiger partial charge in [-0.2, -0.15) is 0 Å². The summed E-state index contributed by atoms with van der Waals surface area (Å²) in [6, 6.07) is 19.1. The number of carbonyl (C=O) groups is 4. The maximum atomic E-state index is 13.5. The van der Waals surface area contributed by atoms with Gasteiger partial charge < -0.3 is 16.4 Å². The number of carbonyl (C=O) groups excluding carboxylic acids is 4. The van der Waals surface area contributed by atoms with Crippen LogP contribution in [0.25, 0.3) is 0 Å². The van der Waals surface area contributed by atoms with E-state index in [-0.39, 0.29) is 18.6 Å². The summed E-state index contributed by atoms with van der Waals surface area (Å²) in [4.78, 5) is 49.2. The molecular formula is C27H26FN3O4. The van der Waals surface area contributed by atoms with Gasteiger partial charge in [0, 0.05) is 30.9 Å². The Labute approximate surface area is 202 Å². The van der Waals surface area contributed by atoms with Gasteiger partial charge in [0.15, 0.2) is 5.78 Å². The number of primary amides is 1. The number of nitrogens with one attached hydrogen (secondary N) is 2. The lowest BCUT2D eigenvalue weighted by Gasteiger charge is -2.22. The minimum atomic E-state index is -1.05. The molecule has 8 heteroatoms. The van der Waals surface area contributed by atoms with E-state index in [4.69, 9.17) is 5.73 Å². The molecule has 3 aromatic rings. The molecule has 0 heterocycles. The molecule has 0 bridgehead atoms. The van der Waals surface area contributed by atoms with Gasteiger partial charge in [-0.1, -0.05) is 66.7 Å². The van der Waals surface area contributed by atoms with Crippen LogP contribution in [0.1, 0.15) is 34.0 Å². The van der Waals surface area contributed by atoms with Crippen molar-refractivity contribution < 1.29 is 23.6 Å². The molecule has 0 saturated carbocycles. The zero-order chi connectivity index (χ0) is 25.4. The minimum absolute atomic E-state index is 0.0327. The molecule has 7 nitrogen and oxygen atoms in total. The predicted octanol–water partition coefficient (Wildman–Crippen LogP) is 2.32. The number of rotatable bonds is 10. The molecule has 0 aliphatic heterocycles. The second kappa shape index (κ2) is 11.7. The summed E-state index contributed by atoms with van der Waals surface area (Å²) in [7, 11) is 0. The molecule has 0 unspecified atom stereocenters. The number of hydrogen-bond acceptors (Lipinski definition) is 4. The van der Waals surface area contributed by atoms with Crippen LogP contribution in [0.15, 0.2) is 78.9 Å². The van der Waals surface area contributed by atoms with E-state index in [0.717, 1.165) is 0 Å². The van der Waals surface area contributed by atoms with Gasteiger partial charge in [-0.15, -0.1) is 0 Å². The summed E-state index contributed by atoms with van der Waals surface area (Å²) in [5, 5.41) is 5.11. The summed E-state index contributed by atoms with van der Waals surface area (Å²) < 4.78 is 13.5. The predicted molar refractivity (Wildman–Crippen MR) is 129 cm³/mol. The smallest absolute Gasteiger partial charge is 0.243 e. The first-order valence-corrected chi connectivity index (χ1v) is 11.0. The maximum Gasteiger partial charge on any atom is 0.243 e. The van der Waals surface area contributed by atoms with Crippen molar-refractivity contribution >= 4 is 23.5 Å². The van der Waals surface area contributed by atoms with Crippen molar-refractivity contribution in [3.05, 3.63) is 107 Å². The lowest BCUT2D eigenvalue weighted by molar-refractivity contribution is -0.130. The van der Waals surface area contributed by atoms with E-state index in [1.54, 1.807) is 54.6 Å². The van der Waals surface area contributed by atoms with Crippen LogP contribution >= 0.6 is 0 Å². The number of nitrogens with two attached hydrogens (primary N) is 1. The molecule has 3 amide bonds. The van der Waals surface area contributed by atoms with Crippen molar-refractivity contribution in [1.82, 2.24) is 10.6 Å². The number of amides is 3. The molecule has 0 aliphatic carbocycles. The van der Waals surface area contributed by atoms with Crippen LogP contribution in [0.4, 0.5) is 4.39 Å². The van der Waals surface area contributed by atoms with Crippen molar-refractivity contribution in [2.45, 2.75) is 31.8 Å². The summed E-state index contributed by atoms with van der Waals surface area (Å²) in [6.45, 7) is 1.26. The van der Waals surface area contributed by atoms with Crippen LogP contribution in [0.3, 0.4) is 0 Å². The molecule has 3 rings (SSSR count). The van der Waals surface area contributed by atoms with Crippen molar-refractivity contribution in [2.75, 3.05) is 0 Å². The van der Waals surface area contributed by atoms with E-state index >= 15 is 0 Å². The van der Waals surface area contributed by atoms with E-state index in [0.29, 0.717) is 22.3 Å². The first kappa shape index (κ1) is 25.3.